The van der Waals surface area contributed by atoms with Crippen molar-refractivity contribution in [2.75, 3.05) is 13.1 Å². The van der Waals surface area contributed by atoms with Crippen molar-refractivity contribution in [3.63, 3.8) is 0 Å². The maximum Gasteiger partial charge on any atom is 0.350 e. The molecule has 3 rings (SSSR count). The average molecular weight is 292 g/mol. The third-order valence-electron chi connectivity index (χ3n) is 3.75. The van der Waals surface area contributed by atoms with Crippen LogP contribution in [0.2, 0.25) is 0 Å². The third-order valence-corrected chi connectivity index (χ3v) is 3.75. The molecule has 0 aromatic carbocycles. The van der Waals surface area contributed by atoms with E-state index in [4.69, 9.17) is 5.11 Å². The van der Waals surface area contributed by atoms with Crippen LogP contribution >= 0.6 is 0 Å². The lowest BCUT2D eigenvalue weighted by Crippen LogP contribution is -2.39. The van der Waals surface area contributed by atoms with Crippen LogP contribution in [-0.2, 0) is 11.3 Å². The summed E-state index contributed by atoms with van der Waals surface area (Å²) in [6, 6.07) is 4.58. The molecular weight excluding hydrogens is 276 g/mol. The molecule has 0 aliphatic carbocycles. The number of β-amino-alcohol motifs (C(OH)–C–C–N with tert-alkyl or cyclic N) is 1. The Balaban J connectivity index is 1.76. The Hall–Kier alpha value is -2.19. The second-order valence-electron chi connectivity index (χ2n) is 5.17. The zero-order valence-electron chi connectivity index (χ0n) is 11.3. The number of fused-ring (bicyclic) bond motifs is 1. The number of carboxylic acids is 1. The van der Waals surface area contributed by atoms with Crippen LogP contribution in [0.3, 0.4) is 0 Å². The first kappa shape index (κ1) is 13.8. The van der Waals surface area contributed by atoms with Crippen LogP contribution in [0.15, 0.2) is 29.2 Å². The Morgan fingerprint density at radius 2 is 2.19 bits per heavy atom. The Kier molecular flexibility index (Phi) is 3.48. The van der Waals surface area contributed by atoms with Crippen LogP contribution < -0.4 is 5.69 Å². The number of carboxylic acid groups (broad SMARTS) is 1. The smallest absolute Gasteiger partial charge is 0.350 e. The van der Waals surface area contributed by atoms with Gasteiger partial charge in [0.15, 0.2) is 5.65 Å². The third kappa shape index (κ3) is 2.55. The molecule has 8 nitrogen and oxygen atoms in total. The summed E-state index contributed by atoms with van der Waals surface area (Å²) >= 11 is 0. The van der Waals surface area contributed by atoms with Gasteiger partial charge in [0.25, 0.3) is 0 Å². The number of aliphatic carboxylic acids is 1. The van der Waals surface area contributed by atoms with Crippen molar-refractivity contribution < 1.29 is 15.0 Å². The van der Waals surface area contributed by atoms with E-state index < -0.39 is 18.1 Å². The lowest BCUT2D eigenvalue weighted by atomic mass is 10.2. The van der Waals surface area contributed by atoms with Crippen LogP contribution in [0.5, 0.6) is 0 Å². The van der Waals surface area contributed by atoms with Gasteiger partial charge in [-0.3, -0.25) is 14.1 Å². The number of rotatable bonds is 4. The van der Waals surface area contributed by atoms with Crippen molar-refractivity contribution in [2.24, 2.45) is 0 Å². The second-order valence-corrected chi connectivity index (χ2v) is 5.17. The van der Waals surface area contributed by atoms with Gasteiger partial charge < -0.3 is 10.2 Å². The van der Waals surface area contributed by atoms with E-state index in [0.29, 0.717) is 18.7 Å². The maximum absolute atomic E-state index is 12.1. The topological polar surface area (TPSA) is 100 Å². The molecule has 0 saturated carbocycles. The summed E-state index contributed by atoms with van der Waals surface area (Å²) in [6.45, 7) is 0.952. The van der Waals surface area contributed by atoms with Crippen molar-refractivity contribution in [3.05, 3.63) is 34.9 Å². The van der Waals surface area contributed by atoms with Crippen LogP contribution in [0.25, 0.3) is 5.65 Å². The minimum Gasteiger partial charge on any atom is -0.480 e. The molecule has 0 spiro atoms. The largest absolute Gasteiger partial charge is 0.480 e. The van der Waals surface area contributed by atoms with Crippen molar-refractivity contribution in [2.45, 2.75) is 25.1 Å². The van der Waals surface area contributed by atoms with Crippen LogP contribution in [-0.4, -0.2) is 60.5 Å². The SMILES string of the molecule is O=C(O)C1CC(O)CN1CCn1nc2ccccn2c1=O. The first-order chi connectivity index (χ1) is 10.1. The highest BCUT2D eigenvalue weighted by molar-refractivity contribution is 5.74. The molecule has 8 heteroatoms. The Morgan fingerprint density at radius 1 is 1.38 bits per heavy atom. The quantitative estimate of drug-likeness (QED) is 0.751. The highest BCUT2D eigenvalue weighted by Gasteiger charge is 2.35. The number of aromatic nitrogens is 3. The van der Waals surface area contributed by atoms with Crippen molar-refractivity contribution in [3.8, 4) is 0 Å². The summed E-state index contributed by atoms with van der Waals surface area (Å²) in [5.74, 6) is -0.950. The van der Waals surface area contributed by atoms with E-state index in [1.54, 1.807) is 29.3 Å². The molecule has 21 heavy (non-hydrogen) atoms. The molecular formula is C13H16N4O4. The molecule has 1 aliphatic rings. The van der Waals surface area contributed by atoms with Gasteiger partial charge in [0, 0.05) is 25.7 Å². The second kappa shape index (κ2) is 5.30. The van der Waals surface area contributed by atoms with Crippen LogP contribution in [0.1, 0.15) is 6.42 Å². The monoisotopic (exact) mass is 292 g/mol. The number of likely N-dealkylation sites (tertiary alicyclic amines) is 1. The molecule has 0 bridgehead atoms. The predicted octanol–water partition coefficient (Wildman–Crippen LogP) is -0.984. The fraction of sp³-hybridized carbons (Fsp3) is 0.462. The molecule has 112 valence electrons. The molecule has 1 aliphatic heterocycles. The molecule has 0 radical (unpaired) electrons. The molecule has 1 fully saturated rings. The molecule has 3 heterocycles. The number of carbonyl (C=O) groups is 1. The zero-order valence-corrected chi connectivity index (χ0v) is 11.3. The highest BCUT2D eigenvalue weighted by atomic mass is 16.4. The highest BCUT2D eigenvalue weighted by Crippen LogP contribution is 2.17. The van der Waals surface area contributed by atoms with Crippen LogP contribution in [0, 0.1) is 0 Å². The zero-order chi connectivity index (χ0) is 15.0. The number of hydrogen-bond acceptors (Lipinski definition) is 5. The number of pyridine rings is 1. The number of nitrogens with zero attached hydrogens (tertiary/aromatic N) is 4. The van der Waals surface area contributed by atoms with Gasteiger partial charge >= 0.3 is 11.7 Å². The number of aliphatic hydroxyl groups excluding tert-OH is 1. The van der Waals surface area contributed by atoms with Gasteiger partial charge in [-0.05, 0) is 12.1 Å². The number of aliphatic hydroxyl groups is 1. The van der Waals surface area contributed by atoms with Gasteiger partial charge in [0.05, 0.1) is 12.6 Å². The molecule has 2 unspecified atom stereocenters. The number of hydrogen-bond donors (Lipinski definition) is 2. The summed E-state index contributed by atoms with van der Waals surface area (Å²) < 4.78 is 2.76. The summed E-state index contributed by atoms with van der Waals surface area (Å²) in [5.41, 5.74) is 0.302. The fourth-order valence-electron chi connectivity index (χ4n) is 2.72. The first-order valence-electron chi connectivity index (χ1n) is 6.75. The van der Waals surface area contributed by atoms with E-state index in [9.17, 15) is 14.7 Å². The summed E-state index contributed by atoms with van der Waals surface area (Å²) in [4.78, 5) is 24.9. The lowest BCUT2D eigenvalue weighted by molar-refractivity contribution is -0.142. The first-order valence-corrected chi connectivity index (χ1v) is 6.75. The minimum atomic E-state index is -0.950. The van der Waals surface area contributed by atoms with Gasteiger partial charge in [-0.25, -0.2) is 9.48 Å². The Labute approximate surface area is 119 Å². The molecule has 2 aromatic rings. The van der Waals surface area contributed by atoms with E-state index in [1.807, 2.05) is 0 Å². The molecule has 1 saturated heterocycles. The fourth-order valence-corrected chi connectivity index (χ4v) is 2.72. The normalized spacial score (nSPS) is 22.9. The predicted molar refractivity (Wildman–Crippen MR) is 73.1 cm³/mol. The van der Waals surface area contributed by atoms with Gasteiger partial charge in [0.2, 0.25) is 0 Å². The molecule has 2 atom stereocenters. The minimum absolute atomic E-state index is 0.218. The summed E-state index contributed by atoms with van der Waals surface area (Å²) in [5, 5.41) is 22.9. The summed E-state index contributed by atoms with van der Waals surface area (Å²) in [7, 11) is 0. The molecule has 0 amide bonds. The van der Waals surface area contributed by atoms with Gasteiger partial charge in [-0.1, -0.05) is 6.07 Å². The average Bonchev–Trinajstić information content (AvgIpc) is 2.98. The Bertz CT molecular complexity index is 722. The van der Waals surface area contributed by atoms with Crippen molar-refractivity contribution in [1.82, 2.24) is 19.1 Å². The van der Waals surface area contributed by atoms with Crippen molar-refractivity contribution in [1.29, 1.82) is 0 Å². The molecule has 2 aromatic heterocycles. The standard InChI is InChI=1S/C13H16N4O4/c18-9-7-10(12(19)20)15(8-9)5-6-17-13(21)16-4-2-1-3-11(16)14-17/h1-4,9-10,18H,5-8H2,(H,19,20). The van der Waals surface area contributed by atoms with Gasteiger partial charge in [-0.2, -0.15) is 0 Å². The van der Waals surface area contributed by atoms with Crippen LogP contribution in [0.4, 0.5) is 0 Å². The van der Waals surface area contributed by atoms with E-state index in [0.717, 1.165) is 0 Å². The maximum atomic E-state index is 12.1. The van der Waals surface area contributed by atoms with E-state index in [-0.39, 0.29) is 18.7 Å². The summed E-state index contributed by atoms with van der Waals surface area (Å²) in [6.07, 6.45) is 1.22. The van der Waals surface area contributed by atoms with E-state index >= 15 is 0 Å². The molecule has 2 N–H and O–H groups in total. The Morgan fingerprint density at radius 3 is 2.90 bits per heavy atom. The lowest BCUT2D eigenvalue weighted by Gasteiger charge is -2.19. The van der Waals surface area contributed by atoms with E-state index in [1.165, 1.54) is 9.08 Å². The van der Waals surface area contributed by atoms with E-state index in [2.05, 4.69) is 5.10 Å². The van der Waals surface area contributed by atoms with Crippen molar-refractivity contribution >= 4 is 11.6 Å². The van der Waals surface area contributed by atoms with Gasteiger partial charge in [-0.15, -0.1) is 5.10 Å². The van der Waals surface area contributed by atoms with Gasteiger partial charge in [0.1, 0.15) is 6.04 Å².